The standard InChI is InChI=1S/C8H7ClF3NO2/c1-4-7(15-8(10,11)12)2-6(14)5(3-9)13-4/h2,14H,3H2,1H3. The highest BCUT2D eigenvalue weighted by Gasteiger charge is 2.32. The SMILES string of the molecule is Cc1nc(CCl)c(O)cc1OC(F)(F)F. The lowest BCUT2D eigenvalue weighted by Gasteiger charge is -2.12. The van der Waals surface area contributed by atoms with Crippen molar-refractivity contribution < 1.29 is 23.0 Å². The first kappa shape index (κ1) is 11.9. The highest BCUT2D eigenvalue weighted by atomic mass is 35.5. The number of hydrogen-bond donors (Lipinski definition) is 1. The Balaban J connectivity index is 3.05. The quantitative estimate of drug-likeness (QED) is 0.810. The summed E-state index contributed by atoms with van der Waals surface area (Å²) in [4.78, 5) is 3.67. The average molecular weight is 242 g/mol. The third kappa shape index (κ3) is 3.16. The molecule has 84 valence electrons. The first-order chi connectivity index (χ1) is 6.83. The number of hydrogen-bond acceptors (Lipinski definition) is 3. The van der Waals surface area contributed by atoms with Gasteiger partial charge in [-0.25, -0.2) is 4.98 Å². The van der Waals surface area contributed by atoms with Crippen molar-refractivity contribution >= 4 is 11.6 Å². The van der Waals surface area contributed by atoms with Crippen molar-refractivity contribution in [3.8, 4) is 11.5 Å². The van der Waals surface area contributed by atoms with E-state index in [2.05, 4.69) is 9.72 Å². The number of aromatic hydroxyl groups is 1. The molecule has 0 aliphatic rings. The summed E-state index contributed by atoms with van der Waals surface area (Å²) in [7, 11) is 0. The Morgan fingerprint density at radius 2 is 2.13 bits per heavy atom. The Labute approximate surface area is 88.5 Å². The fraction of sp³-hybridized carbons (Fsp3) is 0.375. The van der Waals surface area contributed by atoms with E-state index in [1.54, 1.807) is 0 Å². The Bertz CT molecular complexity index is 368. The molecule has 0 fully saturated rings. The van der Waals surface area contributed by atoms with E-state index < -0.39 is 17.9 Å². The van der Waals surface area contributed by atoms with Gasteiger partial charge in [0.2, 0.25) is 0 Å². The summed E-state index contributed by atoms with van der Waals surface area (Å²) in [6.45, 7) is 1.33. The van der Waals surface area contributed by atoms with E-state index in [0.29, 0.717) is 0 Å². The van der Waals surface area contributed by atoms with Crippen molar-refractivity contribution in [3.63, 3.8) is 0 Å². The van der Waals surface area contributed by atoms with Gasteiger partial charge in [0.1, 0.15) is 5.75 Å². The topological polar surface area (TPSA) is 42.4 Å². The summed E-state index contributed by atoms with van der Waals surface area (Å²) < 4.78 is 39.3. The van der Waals surface area contributed by atoms with Gasteiger partial charge in [-0.3, -0.25) is 0 Å². The fourth-order valence-electron chi connectivity index (χ4n) is 0.953. The molecule has 0 amide bonds. The van der Waals surface area contributed by atoms with Crippen LogP contribution in [0, 0.1) is 6.92 Å². The van der Waals surface area contributed by atoms with Crippen molar-refractivity contribution in [1.82, 2.24) is 4.98 Å². The third-order valence-electron chi connectivity index (χ3n) is 1.57. The lowest BCUT2D eigenvalue weighted by molar-refractivity contribution is -0.275. The number of halogens is 4. The maximum atomic E-state index is 11.9. The van der Waals surface area contributed by atoms with Gasteiger partial charge in [0.25, 0.3) is 0 Å². The van der Waals surface area contributed by atoms with E-state index >= 15 is 0 Å². The Morgan fingerprint density at radius 3 is 2.60 bits per heavy atom. The number of pyridine rings is 1. The van der Waals surface area contributed by atoms with Crippen molar-refractivity contribution in [2.75, 3.05) is 0 Å². The molecule has 1 aromatic heterocycles. The van der Waals surface area contributed by atoms with Gasteiger partial charge in [-0.15, -0.1) is 24.8 Å². The van der Waals surface area contributed by atoms with Crippen molar-refractivity contribution in [3.05, 3.63) is 17.5 Å². The van der Waals surface area contributed by atoms with Crippen LogP contribution in [-0.2, 0) is 5.88 Å². The Kier molecular flexibility index (Phi) is 3.28. The minimum atomic E-state index is -4.80. The molecule has 0 aromatic carbocycles. The highest BCUT2D eigenvalue weighted by molar-refractivity contribution is 6.17. The second kappa shape index (κ2) is 4.14. The molecular weight excluding hydrogens is 235 g/mol. The molecule has 7 heteroatoms. The molecule has 0 aliphatic heterocycles. The fourth-order valence-corrected chi connectivity index (χ4v) is 1.15. The van der Waals surface area contributed by atoms with E-state index in [1.165, 1.54) is 6.92 Å². The summed E-state index contributed by atoms with van der Waals surface area (Å²) in [6, 6.07) is 0.841. The molecular formula is C8H7ClF3NO2. The van der Waals surface area contributed by atoms with Crippen LogP contribution < -0.4 is 4.74 Å². The smallest absolute Gasteiger partial charge is 0.506 e. The molecule has 15 heavy (non-hydrogen) atoms. The van der Waals surface area contributed by atoms with Crippen LogP contribution in [-0.4, -0.2) is 16.5 Å². The molecule has 3 nitrogen and oxygen atoms in total. The average Bonchev–Trinajstić information content (AvgIpc) is 2.08. The molecule has 0 saturated heterocycles. The van der Waals surface area contributed by atoms with Crippen molar-refractivity contribution in [1.29, 1.82) is 0 Å². The van der Waals surface area contributed by atoms with Gasteiger partial charge in [0.05, 0.1) is 17.3 Å². The lowest BCUT2D eigenvalue weighted by Crippen LogP contribution is -2.18. The van der Waals surface area contributed by atoms with Gasteiger partial charge in [-0.2, -0.15) is 0 Å². The van der Waals surface area contributed by atoms with Crippen LogP contribution in [0.5, 0.6) is 11.5 Å². The van der Waals surface area contributed by atoms with E-state index in [1.807, 2.05) is 0 Å². The van der Waals surface area contributed by atoms with Crippen LogP contribution in [0.1, 0.15) is 11.4 Å². The molecule has 0 bridgehead atoms. The molecule has 1 rings (SSSR count). The number of nitrogens with zero attached hydrogens (tertiary/aromatic N) is 1. The molecule has 0 spiro atoms. The van der Waals surface area contributed by atoms with Gasteiger partial charge in [-0.1, -0.05) is 0 Å². The second-order valence-corrected chi connectivity index (χ2v) is 2.99. The van der Waals surface area contributed by atoms with Gasteiger partial charge in [0.15, 0.2) is 5.75 Å². The maximum Gasteiger partial charge on any atom is 0.573 e. The molecule has 1 N–H and O–H groups in total. The van der Waals surface area contributed by atoms with E-state index in [-0.39, 0.29) is 17.3 Å². The van der Waals surface area contributed by atoms with Crippen LogP contribution in [0.4, 0.5) is 13.2 Å². The predicted octanol–water partition coefficient (Wildman–Crippen LogP) is 2.73. The van der Waals surface area contributed by atoms with E-state index in [0.717, 1.165) is 6.07 Å². The molecule has 0 aliphatic carbocycles. The number of rotatable bonds is 2. The van der Waals surface area contributed by atoms with E-state index in [4.69, 9.17) is 11.6 Å². The molecule has 0 saturated carbocycles. The normalized spacial score (nSPS) is 11.5. The van der Waals surface area contributed by atoms with Crippen LogP contribution in [0.3, 0.4) is 0 Å². The van der Waals surface area contributed by atoms with Gasteiger partial charge in [-0.05, 0) is 6.92 Å². The minimum absolute atomic E-state index is 0.0146. The van der Waals surface area contributed by atoms with E-state index in [9.17, 15) is 18.3 Å². The number of ether oxygens (including phenoxy) is 1. The zero-order valence-electron chi connectivity index (χ0n) is 7.60. The predicted molar refractivity (Wildman–Crippen MR) is 46.9 cm³/mol. The summed E-state index contributed by atoms with van der Waals surface area (Å²) in [5.41, 5.74) is 0.129. The van der Waals surface area contributed by atoms with Gasteiger partial charge < -0.3 is 9.84 Å². The van der Waals surface area contributed by atoms with Crippen LogP contribution in [0.2, 0.25) is 0 Å². The summed E-state index contributed by atoms with van der Waals surface area (Å²) >= 11 is 5.40. The molecule has 0 unspecified atom stereocenters. The number of alkyl halides is 4. The highest BCUT2D eigenvalue weighted by Crippen LogP contribution is 2.30. The van der Waals surface area contributed by atoms with Crippen LogP contribution >= 0.6 is 11.6 Å². The number of aryl methyl sites for hydroxylation is 1. The zero-order chi connectivity index (χ0) is 11.6. The molecule has 1 heterocycles. The molecule has 0 atom stereocenters. The number of aromatic nitrogens is 1. The first-order valence-electron chi connectivity index (χ1n) is 3.84. The van der Waals surface area contributed by atoms with Crippen molar-refractivity contribution in [2.45, 2.75) is 19.2 Å². The second-order valence-electron chi connectivity index (χ2n) is 2.72. The molecule has 0 radical (unpaired) electrons. The van der Waals surface area contributed by atoms with Crippen molar-refractivity contribution in [2.24, 2.45) is 0 Å². The third-order valence-corrected chi connectivity index (χ3v) is 1.83. The summed E-state index contributed by atoms with van der Waals surface area (Å²) in [6.07, 6.45) is -4.80. The Hall–Kier alpha value is -1.17. The zero-order valence-corrected chi connectivity index (χ0v) is 8.35. The van der Waals surface area contributed by atoms with Crippen LogP contribution in [0.25, 0.3) is 0 Å². The maximum absolute atomic E-state index is 11.9. The van der Waals surface area contributed by atoms with Gasteiger partial charge >= 0.3 is 6.36 Å². The summed E-state index contributed by atoms with van der Waals surface area (Å²) in [5.74, 6) is -1.04. The minimum Gasteiger partial charge on any atom is -0.506 e. The van der Waals surface area contributed by atoms with Crippen LogP contribution in [0.15, 0.2) is 6.07 Å². The Morgan fingerprint density at radius 1 is 1.53 bits per heavy atom. The lowest BCUT2D eigenvalue weighted by atomic mass is 10.3. The molecule has 1 aromatic rings. The summed E-state index contributed by atoms with van der Waals surface area (Å²) in [5, 5.41) is 9.22. The monoisotopic (exact) mass is 241 g/mol. The largest absolute Gasteiger partial charge is 0.573 e. The first-order valence-corrected chi connectivity index (χ1v) is 4.38. The van der Waals surface area contributed by atoms with Gasteiger partial charge in [0, 0.05) is 6.07 Å².